The zero-order valence-corrected chi connectivity index (χ0v) is 12.1. The summed E-state index contributed by atoms with van der Waals surface area (Å²) in [6.07, 6.45) is 4.52. The highest BCUT2D eigenvalue weighted by Crippen LogP contribution is 2.35. The molecule has 0 aliphatic carbocycles. The summed E-state index contributed by atoms with van der Waals surface area (Å²) in [6.45, 7) is 0. The highest BCUT2D eigenvalue weighted by atomic mass is 16.5. The average molecular weight is 288 g/mol. The van der Waals surface area contributed by atoms with Gasteiger partial charge >= 0.3 is 0 Å². The van der Waals surface area contributed by atoms with Gasteiger partial charge < -0.3 is 18.6 Å². The van der Waals surface area contributed by atoms with Crippen molar-refractivity contribution in [2.45, 2.75) is 0 Å². The van der Waals surface area contributed by atoms with E-state index >= 15 is 0 Å². The van der Waals surface area contributed by atoms with Crippen LogP contribution in [-0.4, -0.2) is 27.1 Å². The second-order valence-corrected chi connectivity index (χ2v) is 4.12. The molecule has 0 spiro atoms. The van der Waals surface area contributed by atoms with Crippen LogP contribution in [0.2, 0.25) is 0 Å². The first-order chi connectivity index (χ1) is 10.2. The fourth-order valence-electron chi connectivity index (χ4n) is 1.85. The van der Waals surface area contributed by atoms with Crippen molar-refractivity contribution in [1.29, 1.82) is 0 Å². The summed E-state index contributed by atoms with van der Waals surface area (Å²) >= 11 is 0. The van der Waals surface area contributed by atoms with Crippen LogP contribution in [-0.2, 0) is 0 Å². The summed E-state index contributed by atoms with van der Waals surface area (Å²) in [5.41, 5.74) is 0.704. The van der Waals surface area contributed by atoms with Crippen molar-refractivity contribution in [2.75, 3.05) is 21.3 Å². The number of rotatable bonds is 6. The molecule has 0 unspecified atom stereocenters. The van der Waals surface area contributed by atoms with Crippen LogP contribution in [0.3, 0.4) is 0 Å². The third kappa shape index (κ3) is 3.25. The number of carbonyl (C=O) groups is 1. The second kappa shape index (κ2) is 6.65. The van der Waals surface area contributed by atoms with Crippen LogP contribution in [0.1, 0.15) is 16.1 Å². The highest BCUT2D eigenvalue weighted by molar-refractivity contribution is 6.05. The number of hydrogen-bond acceptors (Lipinski definition) is 5. The summed E-state index contributed by atoms with van der Waals surface area (Å²) in [6, 6.07) is 6.72. The Morgan fingerprint density at radius 3 is 2.29 bits per heavy atom. The number of ether oxygens (including phenoxy) is 3. The Morgan fingerprint density at radius 1 is 1.05 bits per heavy atom. The van der Waals surface area contributed by atoms with E-state index in [0.717, 1.165) is 0 Å². The lowest BCUT2D eigenvalue weighted by atomic mass is 10.1. The molecule has 0 fully saturated rings. The van der Waals surface area contributed by atoms with E-state index in [4.69, 9.17) is 18.6 Å². The number of methoxy groups -OCH3 is 3. The predicted molar refractivity (Wildman–Crippen MR) is 78.2 cm³/mol. The lowest BCUT2D eigenvalue weighted by Gasteiger charge is -2.11. The Labute approximate surface area is 122 Å². The van der Waals surface area contributed by atoms with Gasteiger partial charge in [0, 0.05) is 11.6 Å². The van der Waals surface area contributed by atoms with Gasteiger partial charge in [0.25, 0.3) is 0 Å². The number of allylic oxidation sites excluding steroid dienone is 1. The molecule has 1 aromatic heterocycles. The van der Waals surface area contributed by atoms with Gasteiger partial charge in [-0.15, -0.1) is 0 Å². The van der Waals surface area contributed by atoms with Gasteiger partial charge in [0.05, 0.1) is 27.6 Å². The molecule has 0 amide bonds. The molecule has 1 heterocycles. The van der Waals surface area contributed by atoms with E-state index in [1.165, 1.54) is 12.3 Å². The Morgan fingerprint density at radius 2 is 1.71 bits per heavy atom. The van der Waals surface area contributed by atoms with E-state index < -0.39 is 0 Å². The molecule has 2 aromatic rings. The van der Waals surface area contributed by atoms with Crippen molar-refractivity contribution < 1.29 is 23.4 Å². The quantitative estimate of drug-likeness (QED) is 0.603. The van der Waals surface area contributed by atoms with Crippen LogP contribution in [0.15, 0.2) is 41.0 Å². The first kappa shape index (κ1) is 14.7. The maximum atomic E-state index is 11.9. The topological polar surface area (TPSA) is 57.9 Å². The lowest BCUT2D eigenvalue weighted by Crippen LogP contribution is -1.95. The molecular formula is C16H16O5. The predicted octanol–water partition coefficient (Wildman–Crippen LogP) is 3.20. The fourth-order valence-corrected chi connectivity index (χ4v) is 1.85. The molecule has 5 heteroatoms. The summed E-state index contributed by atoms with van der Waals surface area (Å²) in [7, 11) is 4.64. The lowest BCUT2D eigenvalue weighted by molar-refractivity contribution is 0.102. The molecule has 0 saturated heterocycles. The molecule has 0 atom stereocenters. The normalized spacial score (nSPS) is 10.6. The minimum atomic E-state index is -0.225. The monoisotopic (exact) mass is 288 g/mol. The van der Waals surface area contributed by atoms with Gasteiger partial charge in [-0.05, 0) is 30.4 Å². The number of carbonyl (C=O) groups excluding carboxylic acids is 1. The first-order valence-corrected chi connectivity index (χ1v) is 6.25. The smallest absolute Gasteiger partial charge is 0.221 e. The Bertz CT molecular complexity index is 641. The van der Waals surface area contributed by atoms with Gasteiger partial charge in [0.1, 0.15) is 5.75 Å². The van der Waals surface area contributed by atoms with Gasteiger partial charge in [-0.1, -0.05) is 0 Å². The Balaban J connectivity index is 2.32. The molecule has 0 saturated carbocycles. The van der Waals surface area contributed by atoms with Crippen molar-refractivity contribution in [3.63, 3.8) is 0 Å². The number of furan rings is 1. The molecule has 5 nitrogen and oxygen atoms in total. The summed E-state index contributed by atoms with van der Waals surface area (Å²) in [5, 5.41) is 0. The van der Waals surface area contributed by atoms with Crippen LogP contribution in [0.4, 0.5) is 0 Å². The fraction of sp³-hybridized carbons (Fsp3) is 0.188. The zero-order valence-electron chi connectivity index (χ0n) is 12.1. The highest BCUT2D eigenvalue weighted by Gasteiger charge is 2.11. The van der Waals surface area contributed by atoms with Crippen LogP contribution >= 0.6 is 0 Å². The van der Waals surface area contributed by atoms with Crippen LogP contribution in [0, 0.1) is 0 Å². The third-order valence-electron chi connectivity index (χ3n) is 2.91. The Hall–Kier alpha value is -2.69. The van der Waals surface area contributed by atoms with Crippen LogP contribution in [0.5, 0.6) is 17.2 Å². The van der Waals surface area contributed by atoms with E-state index in [-0.39, 0.29) is 11.5 Å². The van der Waals surface area contributed by atoms with Crippen molar-refractivity contribution >= 4 is 11.9 Å². The van der Waals surface area contributed by atoms with E-state index in [1.807, 2.05) is 0 Å². The van der Waals surface area contributed by atoms with Gasteiger partial charge in [0.15, 0.2) is 17.3 Å². The number of benzene rings is 1. The van der Waals surface area contributed by atoms with Crippen molar-refractivity contribution in [3.8, 4) is 17.2 Å². The number of hydrogen-bond donors (Lipinski definition) is 0. The standard InChI is InChI=1S/C16H16O5/c1-18-14-10-16(20-3)15(19-2)9-11(14)6-7-12(17)13-5-4-8-21-13/h4-10H,1-3H3. The van der Waals surface area contributed by atoms with Gasteiger partial charge in [-0.25, -0.2) is 0 Å². The van der Waals surface area contributed by atoms with Crippen molar-refractivity contribution in [1.82, 2.24) is 0 Å². The maximum absolute atomic E-state index is 11.9. The average Bonchev–Trinajstić information content (AvgIpc) is 3.06. The summed E-state index contributed by atoms with van der Waals surface area (Å²) < 4.78 is 20.8. The molecule has 1 aromatic carbocycles. The van der Waals surface area contributed by atoms with Gasteiger partial charge in [-0.3, -0.25) is 4.79 Å². The SMILES string of the molecule is COc1cc(OC)c(OC)cc1C=CC(=O)c1ccco1. The van der Waals surface area contributed by atoms with E-state index in [1.54, 1.807) is 51.7 Å². The molecule has 0 N–H and O–H groups in total. The van der Waals surface area contributed by atoms with Gasteiger partial charge in [-0.2, -0.15) is 0 Å². The van der Waals surface area contributed by atoms with Gasteiger partial charge in [0.2, 0.25) is 5.78 Å². The molecule has 21 heavy (non-hydrogen) atoms. The zero-order chi connectivity index (χ0) is 15.2. The maximum Gasteiger partial charge on any atom is 0.221 e. The largest absolute Gasteiger partial charge is 0.496 e. The molecule has 0 aliphatic rings. The number of ketones is 1. The van der Waals surface area contributed by atoms with Crippen LogP contribution in [0.25, 0.3) is 6.08 Å². The minimum Gasteiger partial charge on any atom is -0.496 e. The third-order valence-corrected chi connectivity index (χ3v) is 2.91. The van der Waals surface area contributed by atoms with E-state index in [9.17, 15) is 4.79 Å². The van der Waals surface area contributed by atoms with E-state index in [0.29, 0.717) is 22.8 Å². The summed E-state index contributed by atoms with van der Waals surface area (Å²) in [4.78, 5) is 11.9. The first-order valence-electron chi connectivity index (χ1n) is 6.25. The molecular weight excluding hydrogens is 272 g/mol. The van der Waals surface area contributed by atoms with Crippen molar-refractivity contribution in [2.24, 2.45) is 0 Å². The molecule has 0 aliphatic heterocycles. The minimum absolute atomic E-state index is 0.225. The summed E-state index contributed by atoms with van der Waals surface area (Å²) in [5.74, 6) is 1.76. The van der Waals surface area contributed by atoms with Crippen LogP contribution < -0.4 is 14.2 Å². The second-order valence-electron chi connectivity index (χ2n) is 4.12. The molecule has 0 bridgehead atoms. The molecule has 2 rings (SSSR count). The van der Waals surface area contributed by atoms with E-state index in [2.05, 4.69) is 0 Å². The molecule has 110 valence electrons. The Kier molecular flexibility index (Phi) is 4.66. The molecule has 0 radical (unpaired) electrons. The van der Waals surface area contributed by atoms with Crippen molar-refractivity contribution in [3.05, 3.63) is 47.9 Å².